The zero-order valence-electron chi connectivity index (χ0n) is 19.6. The van der Waals surface area contributed by atoms with Crippen molar-refractivity contribution in [1.82, 2.24) is 9.97 Å². The van der Waals surface area contributed by atoms with Crippen LogP contribution in [0.1, 0.15) is 30.1 Å². The van der Waals surface area contributed by atoms with E-state index >= 15 is 0 Å². The van der Waals surface area contributed by atoms with Crippen molar-refractivity contribution in [2.45, 2.75) is 27.7 Å². The van der Waals surface area contributed by atoms with E-state index in [9.17, 15) is 4.79 Å². The first-order valence-electron chi connectivity index (χ1n) is 10.5. The van der Waals surface area contributed by atoms with Crippen LogP contribution in [0, 0.1) is 13.8 Å². The molecule has 7 nitrogen and oxygen atoms in total. The van der Waals surface area contributed by atoms with Gasteiger partial charge in [-0.3, -0.25) is 10.2 Å². The molecule has 0 radical (unpaired) electrons. The molecule has 1 amide bonds. The zero-order chi connectivity index (χ0) is 24.7. The van der Waals surface area contributed by atoms with E-state index in [1.165, 1.54) is 27.7 Å². The van der Waals surface area contributed by atoms with E-state index in [1.807, 2.05) is 69.5 Å². The Kier molecular flexibility index (Phi) is 8.39. The standard InChI is InChI=1S/C25H26N6OS2/c1-7-10-11-14-16(4)21-22(28-29-24-26-17(5)18(6)34-24)23(32)31(30-21)25-27-20(15-33-25)19(12-8-2)13-9-3/h7-15H,2,4H2,1,3,5-6H3,(H,26,29)/b10-7-,13-9-,14-11-,19-12+,28-22-. The van der Waals surface area contributed by atoms with Crippen molar-refractivity contribution in [1.29, 1.82) is 0 Å². The van der Waals surface area contributed by atoms with Crippen LogP contribution in [0.15, 0.2) is 82.9 Å². The fourth-order valence-electron chi connectivity index (χ4n) is 2.85. The van der Waals surface area contributed by atoms with Gasteiger partial charge in [0.1, 0.15) is 5.71 Å². The van der Waals surface area contributed by atoms with Gasteiger partial charge < -0.3 is 0 Å². The second-order valence-electron chi connectivity index (χ2n) is 7.08. The summed E-state index contributed by atoms with van der Waals surface area (Å²) in [6, 6.07) is 0. The van der Waals surface area contributed by atoms with Crippen LogP contribution < -0.4 is 10.4 Å². The van der Waals surface area contributed by atoms with Gasteiger partial charge in [0.2, 0.25) is 10.3 Å². The van der Waals surface area contributed by atoms with Gasteiger partial charge in [-0.15, -0.1) is 22.7 Å². The van der Waals surface area contributed by atoms with Gasteiger partial charge in [0.25, 0.3) is 0 Å². The summed E-state index contributed by atoms with van der Waals surface area (Å²) in [6.07, 6.45) is 14.8. The Balaban J connectivity index is 1.98. The molecular weight excluding hydrogens is 464 g/mol. The summed E-state index contributed by atoms with van der Waals surface area (Å²) in [6.45, 7) is 15.6. The van der Waals surface area contributed by atoms with Crippen LogP contribution in [0.25, 0.3) is 5.57 Å². The molecule has 0 spiro atoms. The number of hydrazone groups is 2. The Bertz CT molecular complexity index is 1270. The number of hydrogen-bond acceptors (Lipinski definition) is 8. The van der Waals surface area contributed by atoms with Gasteiger partial charge in [0.05, 0.1) is 11.4 Å². The molecule has 0 saturated heterocycles. The summed E-state index contributed by atoms with van der Waals surface area (Å²) < 4.78 is 0. The van der Waals surface area contributed by atoms with Gasteiger partial charge in [0.15, 0.2) is 5.71 Å². The number of aromatic nitrogens is 2. The van der Waals surface area contributed by atoms with Crippen molar-refractivity contribution in [3.05, 3.63) is 89.0 Å². The average Bonchev–Trinajstić information content (AvgIpc) is 3.50. The molecule has 2 aromatic heterocycles. The Labute approximate surface area is 207 Å². The third kappa shape index (κ3) is 5.62. The SMILES string of the molecule is C=C/C=C(\C=C/C)c1csc(N2N=C(C(=C)/C=C\C=C/C)/C(=N/Nc3nc(C)c(C)s3)C2=O)n1. The number of anilines is 2. The van der Waals surface area contributed by atoms with E-state index < -0.39 is 5.91 Å². The van der Waals surface area contributed by atoms with Crippen molar-refractivity contribution in [3.8, 4) is 0 Å². The molecule has 1 aliphatic rings. The number of nitrogens with one attached hydrogen (secondary N) is 1. The summed E-state index contributed by atoms with van der Waals surface area (Å²) >= 11 is 2.79. The molecule has 34 heavy (non-hydrogen) atoms. The first-order chi connectivity index (χ1) is 16.4. The van der Waals surface area contributed by atoms with Crippen molar-refractivity contribution in [2.75, 3.05) is 10.4 Å². The lowest BCUT2D eigenvalue weighted by Crippen LogP contribution is -2.28. The third-order valence-corrected chi connectivity index (χ3v) is 6.42. The number of allylic oxidation sites excluding steroid dienone is 10. The monoisotopic (exact) mass is 490 g/mol. The Morgan fingerprint density at radius 3 is 2.62 bits per heavy atom. The van der Waals surface area contributed by atoms with Gasteiger partial charge in [-0.05, 0) is 33.3 Å². The molecule has 1 aliphatic heterocycles. The number of carbonyl (C=O) groups excluding carboxylic acids is 1. The maximum Gasteiger partial charge on any atom is 0.303 e. The number of aryl methyl sites for hydroxylation is 2. The first kappa shape index (κ1) is 24.9. The van der Waals surface area contributed by atoms with Crippen LogP contribution in [-0.4, -0.2) is 27.3 Å². The van der Waals surface area contributed by atoms with Crippen molar-refractivity contribution in [3.63, 3.8) is 0 Å². The Morgan fingerprint density at radius 2 is 1.97 bits per heavy atom. The summed E-state index contributed by atoms with van der Waals surface area (Å²) in [5.41, 5.74) is 6.51. The molecule has 0 fully saturated rings. The molecule has 3 heterocycles. The van der Waals surface area contributed by atoms with Gasteiger partial charge >= 0.3 is 5.91 Å². The van der Waals surface area contributed by atoms with Crippen LogP contribution in [0.4, 0.5) is 10.3 Å². The highest BCUT2D eigenvalue weighted by Gasteiger charge is 2.35. The molecule has 9 heteroatoms. The lowest BCUT2D eigenvalue weighted by atomic mass is 10.1. The highest BCUT2D eigenvalue weighted by molar-refractivity contribution is 7.15. The third-order valence-electron chi connectivity index (χ3n) is 4.63. The summed E-state index contributed by atoms with van der Waals surface area (Å²) in [7, 11) is 0. The number of thiazole rings is 2. The molecule has 0 aliphatic carbocycles. The quantitative estimate of drug-likeness (QED) is 0.334. The summed E-state index contributed by atoms with van der Waals surface area (Å²) in [5.74, 6) is -0.394. The van der Waals surface area contributed by atoms with Crippen LogP contribution in [0.2, 0.25) is 0 Å². The highest BCUT2D eigenvalue weighted by Crippen LogP contribution is 2.29. The number of amides is 1. The largest absolute Gasteiger partial charge is 0.303 e. The predicted molar refractivity (Wildman–Crippen MR) is 146 cm³/mol. The van der Waals surface area contributed by atoms with Crippen LogP contribution in [0.5, 0.6) is 0 Å². The fourth-order valence-corrected chi connectivity index (χ4v) is 4.39. The Hall–Kier alpha value is -3.69. The van der Waals surface area contributed by atoms with Gasteiger partial charge in [0, 0.05) is 15.8 Å². The molecule has 1 N–H and O–H groups in total. The van der Waals surface area contributed by atoms with E-state index in [2.05, 4.69) is 38.8 Å². The lowest BCUT2D eigenvalue weighted by Gasteiger charge is -2.06. The number of rotatable bonds is 9. The molecule has 174 valence electrons. The van der Waals surface area contributed by atoms with Crippen LogP contribution in [-0.2, 0) is 4.79 Å². The second kappa shape index (κ2) is 11.4. The van der Waals surface area contributed by atoms with Crippen molar-refractivity contribution in [2.24, 2.45) is 10.2 Å². The molecule has 0 bridgehead atoms. The van der Waals surface area contributed by atoms with Gasteiger partial charge in [-0.2, -0.15) is 15.2 Å². The summed E-state index contributed by atoms with van der Waals surface area (Å²) in [5, 5.41) is 13.1. The normalized spacial score (nSPS) is 15.9. The van der Waals surface area contributed by atoms with Crippen molar-refractivity contribution >= 4 is 55.8 Å². The smallest absolute Gasteiger partial charge is 0.265 e. The van der Waals surface area contributed by atoms with Crippen LogP contribution in [0.3, 0.4) is 0 Å². The first-order valence-corrected chi connectivity index (χ1v) is 12.2. The van der Waals surface area contributed by atoms with E-state index in [-0.39, 0.29) is 5.71 Å². The summed E-state index contributed by atoms with van der Waals surface area (Å²) in [4.78, 5) is 23.5. The molecular formula is C25H26N6OS2. The van der Waals surface area contributed by atoms with Crippen molar-refractivity contribution < 1.29 is 4.79 Å². The molecule has 3 rings (SSSR count). The minimum absolute atomic E-state index is 0.146. The molecule has 0 saturated carbocycles. The maximum atomic E-state index is 13.3. The Morgan fingerprint density at radius 1 is 1.18 bits per heavy atom. The van der Waals surface area contributed by atoms with E-state index in [0.717, 1.165) is 21.8 Å². The molecule has 0 aromatic carbocycles. The molecule has 2 aromatic rings. The number of nitrogens with zero attached hydrogens (tertiary/aromatic N) is 5. The van der Waals surface area contributed by atoms with Gasteiger partial charge in [-0.1, -0.05) is 61.8 Å². The lowest BCUT2D eigenvalue weighted by molar-refractivity contribution is -0.112. The van der Waals surface area contributed by atoms with E-state index in [4.69, 9.17) is 0 Å². The maximum absolute atomic E-state index is 13.3. The fraction of sp³-hybridized carbons (Fsp3) is 0.160. The van der Waals surface area contributed by atoms with E-state index in [1.54, 1.807) is 12.2 Å². The second-order valence-corrected chi connectivity index (χ2v) is 9.12. The molecule has 0 atom stereocenters. The topological polar surface area (TPSA) is 82.8 Å². The van der Waals surface area contributed by atoms with E-state index in [0.29, 0.717) is 21.5 Å². The molecule has 0 unspecified atom stereocenters. The minimum atomic E-state index is -0.394. The van der Waals surface area contributed by atoms with Gasteiger partial charge in [-0.25, -0.2) is 9.97 Å². The number of carbonyl (C=O) groups is 1. The highest BCUT2D eigenvalue weighted by atomic mass is 32.1. The zero-order valence-corrected chi connectivity index (χ0v) is 21.2. The minimum Gasteiger partial charge on any atom is -0.265 e. The van der Waals surface area contributed by atoms with Crippen LogP contribution >= 0.6 is 22.7 Å². The average molecular weight is 491 g/mol. The predicted octanol–water partition coefficient (Wildman–Crippen LogP) is 6.22. The number of hydrogen-bond donors (Lipinski definition) is 1.